The van der Waals surface area contributed by atoms with Gasteiger partial charge in [0.05, 0.1) is 6.54 Å². The third-order valence-electron chi connectivity index (χ3n) is 1.21. The second kappa shape index (κ2) is 6.33. The van der Waals surface area contributed by atoms with E-state index in [0.717, 1.165) is 6.08 Å². The zero-order valence-corrected chi connectivity index (χ0v) is 7.00. The Morgan fingerprint density at radius 1 is 1.43 bits per heavy atom. The van der Waals surface area contributed by atoms with E-state index in [1.807, 2.05) is 0 Å². The fraction of sp³-hybridized carbons (Fsp3) is 0.500. The highest BCUT2D eigenvalue weighted by molar-refractivity contribution is 5.81. The number of hydrogen-bond donors (Lipinski definition) is 0. The number of carbonyl (C=O) groups excluding carboxylic acids is 1. The molecule has 0 aromatic rings. The molecule has 0 amide bonds. The summed E-state index contributed by atoms with van der Waals surface area (Å²) >= 11 is 0. The average Bonchev–Trinajstić information content (AvgIpc) is 2.10. The van der Waals surface area contributed by atoms with Crippen LogP contribution in [0.1, 0.15) is 0 Å². The second-order valence-corrected chi connectivity index (χ2v) is 2.23. The number of carbonyl (C=O) groups is 1. The molecule has 0 rings (SSSR count). The average molecular weight is 216 g/mol. The van der Waals surface area contributed by atoms with E-state index in [9.17, 15) is 22.7 Å². The Morgan fingerprint density at radius 3 is 2.36 bits per heavy atom. The summed E-state index contributed by atoms with van der Waals surface area (Å²) in [7, 11) is 0. The highest BCUT2D eigenvalue weighted by atomic mass is 19.4. The molecular weight excluding hydrogens is 208 g/mol. The summed E-state index contributed by atoms with van der Waals surface area (Å²) < 4.78 is 51.0. The number of ether oxygens (including phenoxy) is 1. The van der Waals surface area contributed by atoms with E-state index in [4.69, 9.17) is 0 Å². The molecule has 4 nitrogen and oxygen atoms in total. The van der Waals surface area contributed by atoms with Gasteiger partial charge in [-0.1, -0.05) is 6.58 Å². The Morgan fingerprint density at radius 2 is 2.00 bits per heavy atom. The Labute approximate surface area is 77.1 Å². The molecular formula is C6H8F4N2O2. The molecule has 8 heteroatoms. The maximum absolute atomic E-state index is 11.9. The minimum absolute atomic E-state index is 0.751. The van der Waals surface area contributed by atoms with Crippen molar-refractivity contribution in [2.24, 2.45) is 0 Å². The van der Waals surface area contributed by atoms with Crippen molar-refractivity contribution in [3.63, 3.8) is 0 Å². The van der Waals surface area contributed by atoms with Crippen LogP contribution in [0.3, 0.4) is 0 Å². The van der Waals surface area contributed by atoms with Gasteiger partial charge in [-0.25, -0.2) is 4.79 Å². The minimum atomic E-state index is -1.87. The highest BCUT2D eigenvalue weighted by Gasteiger charge is 2.23. The van der Waals surface area contributed by atoms with E-state index in [2.05, 4.69) is 11.3 Å². The topological polar surface area (TPSA) is 32.8 Å². The van der Waals surface area contributed by atoms with Crippen molar-refractivity contribution in [2.75, 3.05) is 13.2 Å². The largest absolute Gasteiger partial charge is 0.461 e. The summed E-state index contributed by atoms with van der Waals surface area (Å²) in [5.74, 6) is -0.943. The van der Waals surface area contributed by atoms with Crippen LogP contribution in [0.4, 0.5) is 17.9 Å². The van der Waals surface area contributed by atoms with Crippen LogP contribution in [0.15, 0.2) is 12.7 Å². The first-order valence-corrected chi connectivity index (χ1v) is 3.46. The predicted octanol–water partition coefficient (Wildman–Crippen LogP) is 1.23. The Bertz CT molecular complexity index is 200. The lowest BCUT2D eigenvalue weighted by molar-refractivity contribution is -0.237. The van der Waals surface area contributed by atoms with Crippen molar-refractivity contribution in [3.8, 4) is 0 Å². The van der Waals surface area contributed by atoms with Crippen LogP contribution >= 0.6 is 0 Å². The lowest BCUT2D eigenvalue weighted by Crippen LogP contribution is -2.35. The van der Waals surface area contributed by atoms with Crippen LogP contribution in [0.2, 0.25) is 0 Å². The van der Waals surface area contributed by atoms with Crippen molar-refractivity contribution < 1.29 is 27.5 Å². The van der Waals surface area contributed by atoms with Crippen molar-refractivity contribution in [3.05, 3.63) is 12.7 Å². The molecule has 0 radical (unpaired) electrons. The van der Waals surface area contributed by atoms with Gasteiger partial charge in [-0.15, -0.1) is 17.9 Å². The van der Waals surface area contributed by atoms with Gasteiger partial charge in [0.15, 0.2) is 0 Å². The summed E-state index contributed by atoms with van der Waals surface area (Å²) in [6.07, 6.45) is 0.751. The molecule has 0 fully saturated rings. The third kappa shape index (κ3) is 5.49. The number of esters is 1. The molecule has 0 saturated carbocycles. The van der Waals surface area contributed by atoms with Crippen LogP contribution in [0.25, 0.3) is 0 Å². The van der Waals surface area contributed by atoms with Crippen LogP contribution in [-0.4, -0.2) is 35.9 Å². The fourth-order valence-electron chi connectivity index (χ4n) is 0.567. The second-order valence-electron chi connectivity index (χ2n) is 2.23. The van der Waals surface area contributed by atoms with Gasteiger partial charge in [0.1, 0.15) is 12.6 Å². The van der Waals surface area contributed by atoms with E-state index in [1.54, 1.807) is 0 Å². The summed E-state index contributed by atoms with van der Waals surface area (Å²) in [5.41, 5.74) is 0. The molecule has 0 saturated heterocycles. The Kier molecular flexibility index (Phi) is 5.81. The molecule has 82 valence electrons. The van der Waals surface area contributed by atoms with Gasteiger partial charge in [-0.2, -0.15) is 0 Å². The number of halogens is 4. The molecule has 14 heavy (non-hydrogen) atoms. The van der Waals surface area contributed by atoms with Gasteiger partial charge in [0.25, 0.3) is 0 Å². The van der Waals surface area contributed by atoms with Crippen molar-refractivity contribution in [2.45, 2.75) is 6.04 Å². The van der Waals surface area contributed by atoms with Crippen LogP contribution in [0.5, 0.6) is 0 Å². The van der Waals surface area contributed by atoms with Gasteiger partial charge in [-0.3, -0.25) is 0 Å². The lowest BCUT2D eigenvalue weighted by Gasteiger charge is -2.15. The van der Waals surface area contributed by atoms with Crippen LogP contribution < -0.4 is 0 Å². The summed E-state index contributed by atoms with van der Waals surface area (Å²) in [6, 6.07) is -1.87. The maximum Gasteiger partial charge on any atom is 0.330 e. The highest BCUT2D eigenvalue weighted by Crippen LogP contribution is 2.05. The standard InChI is InChI=1S/C6H8F4N2O2/c1-2-6(13)14-4-5(12(9)10)3-11(7)8/h2,5H,1,3-4H2. The summed E-state index contributed by atoms with van der Waals surface area (Å²) in [5, 5.41) is -2.86. The lowest BCUT2D eigenvalue weighted by atomic mass is 10.3. The molecule has 1 unspecified atom stereocenters. The molecule has 0 aliphatic rings. The summed E-state index contributed by atoms with van der Waals surface area (Å²) in [4.78, 5) is 10.4. The van der Waals surface area contributed by atoms with E-state index < -0.39 is 35.9 Å². The first-order chi connectivity index (χ1) is 6.47. The smallest absolute Gasteiger partial charge is 0.330 e. The van der Waals surface area contributed by atoms with Crippen LogP contribution in [-0.2, 0) is 9.53 Å². The first-order valence-electron chi connectivity index (χ1n) is 3.46. The molecule has 1 atom stereocenters. The molecule has 0 aromatic heterocycles. The van der Waals surface area contributed by atoms with Gasteiger partial charge >= 0.3 is 5.97 Å². The number of rotatable bonds is 6. The molecule has 0 N–H and O–H groups in total. The minimum Gasteiger partial charge on any atom is -0.461 e. The third-order valence-corrected chi connectivity index (χ3v) is 1.21. The quantitative estimate of drug-likeness (QED) is 0.289. The molecule has 0 spiro atoms. The van der Waals surface area contributed by atoms with Crippen molar-refractivity contribution in [1.29, 1.82) is 0 Å². The van der Waals surface area contributed by atoms with E-state index in [1.165, 1.54) is 0 Å². The van der Waals surface area contributed by atoms with E-state index >= 15 is 0 Å². The molecule has 0 aliphatic heterocycles. The monoisotopic (exact) mass is 216 g/mol. The molecule has 0 aliphatic carbocycles. The fourth-order valence-corrected chi connectivity index (χ4v) is 0.567. The number of nitrogens with zero attached hydrogens (tertiary/aromatic N) is 2. The van der Waals surface area contributed by atoms with Gasteiger partial charge < -0.3 is 4.74 Å². The molecule has 0 aromatic carbocycles. The molecule has 0 heterocycles. The van der Waals surface area contributed by atoms with Crippen LogP contribution in [0, 0.1) is 0 Å². The van der Waals surface area contributed by atoms with E-state index in [-0.39, 0.29) is 0 Å². The van der Waals surface area contributed by atoms with Crippen molar-refractivity contribution >= 4 is 5.97 Å². The number of hydrogen-bond acceptors (Lipinski definition) is 4. The maximum atomic E-state index is 11.9. The zero-order valence-electron chi connectivity index (χ0n) is 7.00. The Hall–Kier alpha value is -1.15. The normalized spacial score (nSPS) is 13.0. The molecule has 0 bridgehead atoms. The van der Waals surface area contributed by atoms with Crippen molar-refractivity contribution in [1.82, 2.24) is 10.7 Å². The van der Waals surface area contributed by atoms with Gasteiger partial charge in [0, 0.05) is 16.8 Å². The van der Waals surface area contributed by atoms with E-state index in [0.29, 0.717) is 0 Å². The first kappa shape index (κ1) is 12.8. The zero-order chi connectivity index (χ0) is 11.1. The van der Waals surface area contributed by atoms with Gasteiger partial charge in [-0.05, 0) is 0 Å². The predicted molar refractivity (Wildman–Crippen MR) is 37.9 cm³/mol. The Balaban J connectivity index is 3.97. The van der Waals surface area contributed by atoms with Gasteiger partial charge in [0.2, 0.25) is 0 Å². The SMILES string of the molecule is C=CC(=O)OCC(CN(F)F)N(F)F. The summed E-state index contributed by atoms with van der Waals surface area (Å²) in [6.45, 7) is 0.954.